The summed E-state index contributed by atoms with van der Waals surface area (Å²) in [6.45, 7) is 4.09. The van der Waals surface area contributed by atoms with E-state index < -0.39 is 0 Å². The highest BCUT2D eigenvalue weighted by Gasteiger charge is 2.08. The van der Waals surface area contributed by atoms with E-state index >= 15 is 0 Å². The summed E-state index contributed by atoms with van der Waals surface area (Å²) in [5.41, 5.74) is 6.54. The zero-order chi connectivity index (χ0) is 12.8. The smallest absolute Gasteiger partial charge is 0.165 e. The molecule has 17 heavy (non-hydrogen) atoms. The van der Waals surface area contributed by atoms with E-state index in [0.717, 1.165) is 5.56 Å². The Labute approximate surface area is 102 Å². The Bertz CT molecular complexity index is 355. The number of halogens is 1. The first-order chi connectivity index (χ1) is 8.02. The van der Waals surface area contributed by atoms with E-state index in [2.05, 4.69) is 0 Å². The Balaban J connectivity index is 2.63. The molecule has 1 aromatic carbocycles. The van der Waals surface area contributed by atoms with Gasteiger partial charge in [0.25, 0.3) is 0 Å². The zero-order valence-electron chi connectivity index (χ0n) is 10.6. The van der Waals surface area contributed by atoms with Gasteiger partial charge in [0.2, 0.25) is 0 Å². The standard InChI is InChI=1S/C13H20FNO2/c1-9(15)6-11-4-5-13(12(14)7-11)17-8-10(2)16-3/h4-5,7,9-10H,6,8,15H2,1-3H3. The lowest BCUT2D eigenvalue weighted by molar-refractivity contribution is 0.0702. The average Bonchev–Trinajstić information content (AvgIpc) is 2.26. The Morgan fingerprint density at radius 3 is 2.59 bits per heavy atom. The molecule has 0 heterocycles. The van der Waals surface area contributed by atoms with Crippen LogP contribution in [0.5, 0.6) is 5.75 Å². The second kappa shape index (κ2) is 6.57. The van der Waals surface area contributed by atoms with Gasteiger partial charge in [-0.05, 0) is 38.0 Å². The second-order valence-electron chi connectivity index (χ2n) is 4.30. The molecule has 0 saturated carbocycles. The summed E-state index contributed by atoms with van der Waals surface area (Å²) in [6, 6.07) is 4.96. The molecule has 2 unspecified atom stereocenters. The van der Waals surface area contributed by atoms with E-state index in [4.69, 9.17) is 15.2 Å². The van der Waals surface area contributed by atoms with Crippen LogP contribution in [-0.4, -0.2) is 25.9 Å². The molecule has 0 saturated heterocycles. The fourth-order valence-electron chi connectivity index (χ4n) is 1.44. The summed E-state index contributed by atoms with van der Waals surface area (Å²) < 4.78 is 24.0. The van der Waals surface area contributed by atoms with E-state index in [1.807, 2.05) is 19.9 Å². The van der Waals surface area contributed by atoms with Crippen LogP contribution in [0.2, 0.25) is 0 Å². The Morgan fingerprint density at radius 2 is 2.06 bits per heavy atom. The highest BCUT2D eigenvalue weighted by atomic mass is 19.1. The topological polar surface area (TPSA) is 44.5 Å². The molecule has 0 spiro atoms. The largest absolute Gasteiger partial charge is 0.488 e. The number of ether oxygens (including phenoxy) is 2. The van der Waals surface area contributed by atoms with Crippen molar-refractivity contribution in [2.45, 2.75) is 32.4 Å². The van der Waals surface area contributed by atoms with Gasteiger partial charge in [-0.25, -0.2) is 4.39 Å². The first-order valence-corrected chi connectivity index (χ1v) is 5.72. The Morgan fingerprint density at radius 1 is 1.35 bits per heavy atom. The molecule has 0 aliphatic heterocycles. The maximum absolute atomic E-state index is 13.6. The van der Waals surface area contributed by atoms with Crippen molar-refractivity contribution < 1.29 is 13.9 Å². The maximum Gasteiger partial charge on any atom is 0.165 e. The monoisotopic (exact) mass is 241 g/mol. The Kier molecular flexibility index (Phi) is 5.38. The van der Waals surface area contributed by atoms with E-state index in [1.165, 1.54) is 6.07 Å². The van der Waals surface area contributed by atoms with Crippen molar-refractivity contribution in [3.05, 3.63) is 29.6 Å². The molecule has 0 aliphatic rings. The van der Waals surface area contributed by atoms with Gasteiger partial charge in [0.15, 0.2) is 11.6 Å². The summed E-state index contributed by atoms with van der Waals surface area (Å²) in [5, 5.41) is 0. The number of hydrogen-bond donors (Lipinski definition) is 1. The number of rotatable bonds is 6. The molecular formula is C13H20FNO2. The number of hydrogen-bond acceptors (Lipinski definition) is 3. The molecule has 0 fully saturated rings. The number of nitrogens with two attached hydrogens (primary N) is 1. The normalized spacial score (nSPS) is 14.4. The fourth-order valence-corrected chi connectivity index (χ4v) is 1.44. The van der Waals surface area contributed by atoms with Gasteiger partial charge < -0.3 is 15.2 Å². The van der Waals surface area contributed by atoms with Crippen molar-refractivity contribution >= 4 is 0 Å². The maximum atomic E-state index is 13.6. The van der Waals surface area contributed by atoms with E-state index in [0.29, 0.717) is 13.0 Å². The van der Waals surface area contributed by atoms with E-state index in [1.54, 1.807) is 13.2 Å². The first kappa shape index (κ1) is 13.9. The molecule has 3 nitrogen and oxygen atoms in total. The summed E-state index contributed by atoms with van der Waals surface area (Å²) in [6.07, 6.45) is 0.601. The second-order valence-corrected chi connectivity index (χ2v) is 4.30. The van der Waals surface area contributed by atoms with Crippen LogP contribution in [0.25, 0.3) is 0 Å². The lowest BCUT2D eigenvalue weighted by atomic mass is 10.1. The molecule has 0 radical (unpaired) electrons. The summed E-state index contributed by atoms with van der Waals surface area (Å²) >= 11 is 0. The number of methoxy groups -OCH3 is 1. The third-order valence-electron chi connectivity index (χ3n) is 2.43. The van der Waals surface area contributed by atoms with Gasteiger partial charge in [0, 0.05) is 13.2 Å². The Hall–Kier alpha value is -1.13. The molecule has 4 heteroatoms. The minimum Gasteiger partial charge on any atom is -0.488 e. The molecule has 1 aromatic rings. The van der Waals surface area contributed by atoms with Crippen molar-refractivity contribution in [2.24, 2.45) is 5.73 Å². The highest BCUT2D eigenvalue weighted by Crippen LogP contribution is 2.19. The van der Waals surface area contributed by atoms with Crippen LogP contribution in [-0.2, 0) is 11.2 Å². The minimum absolute atomic E-state index is 0.0229. The predicted molar refractivity (Wildman–Crippen MR) is 65.7 cm³/mol. The third kappa shape index (κ3) is 4.71. The lowest BCUT2D eigenvalue weighted by Crippen LogP contribution is -2.18. The lowest BCUT2D eigenvalue weighted by Gasteiger charge is -2.13. The van der Waals surface area contributed by atoms with Gasteiger partial charge in [0.05, 0.1) is 6.10 Å². The third-order valence-corrected chi connectivity index (χ3v) is 2.43. The number of benzene rings is 1. The van der Waals surface area contributed by atoms with Crippen LogP contribution in [0.1, 0.15) is 19.4 Å². The van der Waals surface area contributed by atoms with Gasteiger partial charge in [-0.2, -0.15) is 0 Å². The van der Waals surface area contributed by atoms with E-state index in [-0.39, 0.29) is 23.7 Å². The van der Waals surface area contributed by atoms with Gasteiger partial charge in [0.1, 0.15) is 6.61 Å². The summed E-state index contributed by atoms with van der Waals surface area (Å²) in [4.78, 5) is 0. The van der Waals surface area contributed by atoms with Gasteiger partial charge in [-0.15, -0.1) is 0 Å². The first-order valence-electron chi connectivity index (χ1n) is 5.72. The molecule has 0 aliphatic carbocycles. The molecular weight excluding hydrogens is 221 g/mol. The van der Waals surface area contributed by atoms with Crippen molar-refractivity contribution in [1.82, 2.24) is 0 Å². The fraction of sp³-hybridized carbons (Fsp3) is 0.538. The molecule has 1 rings (SSSR count). The SMILES string of the molecule is COC(C)COc1ccc(CC(C)N)cc1F. The van der Waals surface area contributed by atoms with Crippen molar-refractivity contribution in [2.75, 3.05) is 13.7 Å². The molecule has 96 valence electrons. The van der Waals surface area contributed by atoms with Crippen molar-refractivity contribution in [3.8, 4) is 5.75 Å². The van der Waals surface area contributed by atoms with Crippen LogP contribution < -0.4 is 10.5 Å². The molecule has 0 amide bonds. The van der Waals surface area contributed by atoms with E-state index in [9.17, 15) is 4.39 Å². The highest BCUT2D eigenvalue weighted by molar-refractivity contribution is 5.29. The van der Waals surface area contributed by atoms with Gasteiger partial charge in [-0.3, -0.25) is 0 Å². The van der Waals surface area contributed by atoms with Crippen molar-refractivity contribution in [1.29, 1.82) is 0 Å². The van der Waals surface area contributed by atoms with Crippen LogP contribution in [0.3, 0.4) is 0 Å². The predicted octanol–water partition coefficient (Wildman–Crippen LogP) is 2.13. The van der Waals surface area contributed by atoms with Crippen LogP contribution in [0, 0.1) is 5.82 Å². The quantitative estimate of drug-likeness (QED) is 0.829. The van der Waals surface area contributed by atoms with Crippen LogP contribution in [0.15, 0.2) is 18.2 Å². The molecule has 2 atom stereocenters. The minimum atomic E-state index is -0.355. The van der Waals surface area contributed by atoms with Crippen LogP contribution in [0.4, 0.5) is 4.39 Å². The molecule has 2 N–H and O–H groups in total. The van der Waals surface area contributed by atoms with Gasteiger partial charge in [-0.1, -0.05) is 6.07 Å². The van der Waals surface area contributed by atoms with Crippen LogP contribution >= 0.6 is 0 Å². The average molecular weight is 241 g/mol. The molecule has 0 aromatic heterocycles. The summed E-state index contributed by atoms with van der Waals surface area (Å²) in [7, 11) is 1.59. The van der Waals surface area contributed by atoms with Gasteiger partial charge >= 0.3 is 0 Å². The molecule has 0 bridgehead atoms. The summed E-state index contributed by atoms with van der Waals surface area (Å²) in [5.74, 6) is -0.103. The van der Waals surface area contributed by atoms with Crippen molar-refractivity contribution in [3.63, 3.8) is 0 Å². The zero-order valence-corrected chi connectivity index (χ0v) is 10.6.